The molecule has 3 nitrogen and oxygen atoms in total. The van der Waals surface area contributed by atoms with Crippen LogP contribution in [0.3, 0.4) is 0 Å². The second kappa shape index (κ2) is 6.95. The lowest BCUT2D eigenvalue weighted by atomic mass is 9.68. The Morgan fingerprint density at radius 3 is 2.43 bits per heavy atom. The van der Waals surface area contributed by atoms with E-state index in [-0.39, 0.29) is 0 Å². The lowest BCUT2D eigenvalue weighted by molar-refractivity contribution is 0.131. The summed E-state index contributed by atoms with van der Waals surface area (Å²) in [6, 6.07) is 2.65. The molecule has 0 saturated heterocycles. The summed E-state index contributed by atoms with van der Waals surface area (Å²) in [4.78, 5) is 0. The number of rotatable bonds is 5. The Kier molecular flexibility index (Phi) is 5.48. The van der Waals surface area contributed by atoms with Gasteiger partial charge in [0.2, 0.25) is 0 Å². The zero-order valence-corrected chi connectivity index (χ0v) is 14.5. The molecule has 2 rings (SSSR count). The summed E-state index contributed by atoms with van der Waals surface area (Å²) in [5, 5.41) is 8.15. The van der Waals surface area contributed by atoms with Gasteiger partial charge in [-0.2, -0.15) is 5.10 Å². The van der Waals surface area contributed by atoms with Gasteiger partial charge in [-0.05, 0) is 62.0 Å². The molecule has 0 aliphatic heterocycles. The molecule has 1 saturated carbocycles. The van der Waals surface area contributed by atoms with Gasteiger partial charge in [0.1, 0.15) is 0 Å². The highest BCUT2D eigenvalue weighted by Crippen LogP contribution is 2.43. The number of hydrogen-bond acceptors (Lipinski definition) is 2. The van der Waals surface area contributed by atoms with Crippen molar-refractivity contribution in [2.45, 2.75) is 65.8 Å². The van der Waals surface area contributed by atoms with Crippen LogP contribution >= 0.6 is 0 Å². The van der Waals surface area contributed by atoms with Crippen molar-refractivity contribution in [1.82, 2.24) is 15.1 Å². The molecule has 1 fully saturated rings. The average Bonchev–Trinajstić information content (AvgIpc) is 2.85. The third-order valence-corrected chi connectivity index (χ3v) is 5.26. The summed E-state index contributed by atoms with van der Waals surface area (Å²) in [6.07, 6.45) is 8.54. The van der Waals surface area contributed by atoms with E-state index in [0.717, 1.165) is 18.4 Å². The highest BCUT2D eigenvalue weighted by molar-refractivity contribution is 5.09. The molecule has 1 heterocycles. The van der Waals surface area contributed by atoms with Crippen LogP contribution in [0.1, 0.15) is 71.5 Å². The minimum Gasteiger partial charge on any atom is -0.308 e. The number of hydrogen-bond donors (Lipinski definition) is 1. The lowest BCUT2D eigenvalue weighted by Gasteiger charge is -2.39. The third kappa shape index (κ3) is 4.09. The van der Waals surface area contributed by atoms with Crippen LogP contribution in [0.4, 0.5) is 0 Å². The summed E-state index contributed by atoms with van der Waals surface area (Å²) in [7, 11) is 2.07. The maximum absolute atomic E-state index is 4.37. The Morgan fingerprint density at radius 1 is 1.29 bits per heavy atom. The van der Waals surface area contributed by atoms with E-state index in [1.54, 1.807) is 0 Å². The number of aromatic nitrogens is 2. The van der Waals surface area contributed by atoms with Crippen molar-refractivity contribution >= 4 is 0 Å². The van der Waals surface area contributed by atoms with Gasteiger partial charge < -0.3 is 5.32 Å². The first-order chi connectivity index (χ1) is 9.93. The zero-order valence-electron chi connectivity index (χ0n) is 14.5. The Morgan fingerprint density at radius 2 is 1.95 bits per heavy atom. The Labute approximate surface area is 130 Å². The van der Waals surface area contributed by atoms with Gasteiger partial charge in [0.05, 0.1) is 11.7 Å². The van der Waals surface area contributed by atoms with E-state index >= 15 is 0 Å². The van der Waals surface area contributed by atoms with Gasteiger partial charge in [0.25, 0.3) is 0 Å². The first-order valence-corrected chi connectivity index (χ1v) is 8.64. The van der Waals surface area contributed by atoms with Gasteiger partial charge in [-0.1, -0.05) is 27.7 Å². The average molecular weight is 291 g/mol. The van der Waals surface area contributed by atoms with Crippen LogP contribution in [0.15, 0.2) is 12.3 Å². The van der Waals surface area contributed by atoms with Crippen LogP contribution in [0, 0.1) is 17.3 Å². The molecular weight excluding hydrogens is 258 g/mol. The third-order valence-electron chi connectivity index (χ3n) is 5.26. The van der Waals surface area contributed by atoms with E-state index in [2.05, 4.69) is 51.2 Å². The summed E-state index contributed by atoms with van der Waals surface area (Å²) in [5.41, 5.74) is 1.81. The predicted octanol–water partition coefficient (Wildman–Crippen LogP) is 4.31. The standard InChI is InChI=1S/C18H33N3/c1-6-12-19-17(16-11-13-20-21(16)5)14-7-9-15(10-8-14)18(2,3)4/h11,13-15,17,19H,6-10,12H2,1-5H3. The molecule has 0 spiro atoms. The lowest BCUT2D eigenvalue weighted by Crippen LogP contribution is -2.35. The second-order valence-electron chi connectivity index (χ2n) is 7.79. The van der Waals surface area contributed by atoms with Gasteiger partial charge in [0.15, 0.2) is 0 Å². The Bertz CT molecular complexity index is 422. The summed E-state index contributed by atoms with van der Waals surface area (Å²) in [6.45, 7) is 10.5. The molecule has 1 aliphatic rings. The second-order valence-corrected chi connectivity index (χ2v) is 7.79. The van der Waals surface area contributed by atoms with Crippen molar-refractivity contribution in [1.29, 1.82) is 0 Å². The SMILES string of the molecule is CCCNC(c1ccnn1C)C1CCC(C(C)(C)C)CC1. The highest BCUT2D eigenvalue weighted by Gasteiger charge is 2.33. The maximum Gasteiger partial charge on any atom is 0.0553 e. The molecule has 0 bridgehead atoms. The van der Waals surface area contributed by atoms with E-state index in [1.807, 2.05) is 10.9 Å². The normalized spacial score (nSPS) is 25.0. The van der Waals surface area contributed by atoms with Crippen molar-refractivity contribution in [3.05, 3.63) is 18.0 Å². The van der Waals surface area contributed by atoms with Crippen LogP contribution in [0.2, 0.25) is 0 Å². The maximum atomic E-state index is 4.37. The minimum atomic E-state index is 0.462. The number of aryl methyl sites for hydroxylation is 1. The fourth-order valence-electron chi connectivity index (χ4n) is 3.82. The van der Waals surface area contributed by atoms with Crippen LogP contribution in [-0.2, 0) is 7.05 Å². The molecule has 0 radical (unpaired) electrons. The fourth-order valence-corrected chi connectivity index (χ4v) is 3.82. The molecule has 1 aromatic rings. The number of nitrogens with zero attached hydrogens (tertiary/aromatic N) is 2. The topological polar surface area (TPSA) is 29.9 Å². The van der Waals surface area contributed by atoms with Crippen molar-refractivity contribution in [2.75, 3.05) is 6.54 Å². The van der Waals surface area contributed by atoms with E-state index < -0.39 is 0 Å². The minimum absolute atomic E-state index is 0.462. The van der Waals surface area contributed by atoms with Crippen LogP contribution < -0.4 is 5.32 Å². The summed E-state index contributed by atoms with van der Waals surface area (Å²) < 4.78 is 2.04. The molecule has 1 aromatic heterocycles. The molecule has 1 atom stereocenters. The smallest absolute Gasteiger partial charge is 0.0553 e. The zero-order chi connectivity index (χ0) is 15.5. The first kappa shape index (κ1) is 16.5. The van der Waals surface area contributed by atoms with Gasteiger partial charge in [-0.25, -0.2) is 0 Å². The molecule has 21 heavy (non-hydrogen) atoms. The molecule has 0 aromatic carbocycles. The van der Waals surface area contributed by atoms with Crippen molar-refractivity contribution in [3.8, 4) is 0 Å². The van der Waals surface area contributed by atoms with E-state index in [9.17, 15) is 0 Å². The van der Waals surface area contributed by atoms with E-state index in [1.165, 1.54) is 37.8 Å². The molecule has 1 unspecified atom stereocenters. The highest BCUT2D eigenvalue weighted by atomic mass is 15.3. The molecule has 3 heteroatoms. The van der Waals surface area contributed by atoms with Gasteiger partial charge in [-0.15, -0.1) is 0 Å². The Hall–Kier alpha value is -0.830. The predicted molar refractivity (Wildman–Crippen MR) is 89.1 cm³/mol. The van der Waals surface area contributed by atoms with E-state index in [4.69, 9.17) is 0 Å². The molecule has 0 amide bonds. The first-order valence-electron chi connectivity index (χ1n) is 8.64. The van der Waals surface area contributed by atoms with Crippen molar-refractivity contribution in [3.63, 3.8) is 0 Å². The monoisotopic (exact) mass is 291 g/mol. The summed E-state index contributed by atoms with van der Waals surface area (Å²) in [5.74, 6) is 1.64. The van der Waals surface area contributed by atoms with Crippen LogP contribution in [0.5, 0.6) is 0 Å². The van der Waals surface area contributed by atoms with E-state index in [0.29, 0.717) is 11.5 Å². The van der Waals surface area contributed by atoms with Crippen molar-refractivity contribution < 1.29 is 0 Å². The van der Waals surface area contributed by atoms with Crippen molar-refractivity contribution in [2.24, 2.45) is 24.3 Å². The molecule has 1 aliphatic carbocycles. The van der Waals surface area contributed by atoms with Crippen LogP contribution in [-0.4, -0.2) is 16.3 Å². The fraction of sp³-hybridized carbons (Fsp3) is 0.833. The Balaban J connectivity index is 2.04. The molecule has 1 N–H and O–H groups in total. The largest absolute Gasteiger partial charge is 0.308 e. The molecular formula is C18H33N3. The summed E-state index contributed by atoms with van der Waals surface area (Å²) >= 11 is 0. The van der Waals surface area contributed by atoms with Crippen LogP contribution in [0.25, 0.3) is 0 Å². The van der Waals surface area contributed by atoms with Gasteiger partial charge >= 0.3 is 0 Å². The molecule has 120 valence electrons. The van der Waals surface area contributed by atoms with Gasteiger partial charge in [0, 0.05) is 13.2 Å². The number of nitrogens with one attached hydrogen (secondary N) is 1. The quantitative estimate of drug-likeness (QED) is 0.876. The van der Waals surface area contributed by atoms with Gasteiger partial charge in [-0.3, -0.25) is 4.68 Å².